The second kappa shape index (κ2) is 15.1. The normalized spacial score (nSPS) is 12.1. The Bertz CT molecular complexity index is 735. The standard InChI is InChI=1S/C21H28N2O10/c1-6-11-13-21(14-12-16(24)25,23(32-19(28)9-4)33-20(29)10-5)15-22(30-17(26)7-2)31-18(27)8-3/h7-10H,2-6,11-15H2,1H3,(H,24,25). The first kappa shape index (κ1) is 29.2. The van der Waals surface area contributed by atoms with Gasteiger partial charge in [-0.25, -0.2) is 19.2 Å². The molecule has 0 aliphatic heterocycles. The molecule has 1 atom stereocenters. The maximum absolute atomic E-state index is 12.0. The highest BCUT2D eigenvalue weighted by molar-refractivity contribution is 5.83. The van der Waals surface area contributed by atoms with E-state index in [1.807, 2.05) is 6.92 Å². The van der Waals surface area contributed by atoms with Crippen LogP contribution < -0.4 is 0 Å². The molecule has 0 aliphatic rings. The van der Waals surface area contributed by atoms with Gasteiger partial charge in [-0.15, -0.1) is 0 Å². The van der Waals surface area contributed by atoms with Gasteiger partial charge in [0, 0.05) is 41.2 Å². The van der Waals surface area contributed by atoms with Crippen molar-refractivity contribution in [2.45, 2.75) is 44.6 Å². The Hall–Kier alpha value is -3.77. The van der Waals surface area contributed by atoms with Crippen molar-refractivity contribution in [1.82, 2.24) is 10.5 Å². The summed E-state index contributed by atoms with van der Waals surface area (Å²) in [6, 6.07) is 0. The number of hydroxylamine groups is 4. The second-order valence-electron chi connectivity index (χ2n) is 6.43. The number of carboxylic acid groups (broad SMARTS) is 1. The third-order valence-electron chi connectivity index (χ3n) is 4.01. The summed E-state index contributed by atoms with van der Waals surface area (Å²) in [6.45, 7) is 14.2. The van der Waals surface area contributed by atoms with Crippen LogP contribution in [0.1, 0.15) is 39.0 Å². The number of carboxylic acids is 1. The topological polar surface area (TPSA) is 149 Å². The molecule has 33 heavy (non-hydrogen) atoms. The largest absolute Gasteiger partial charge is 0.481 e. The second-order valence-corrected chi connectivity index (χ2v) is 6.43. The number of unbranched alkanes of at least 4 members (excludes halogenated alkanes) is 1. The van der Waals surface area contributed by atoms with Crippen molar-refractivity contribution in [2.24, 2.45) is 0 Å². The van der Waals surface area contributed by atoms with Crippen LogP contribution in [0.2, 0.25) is 0 Å². The highest BCUT2D eigenvalue weighted by Gasteiger charge is 2.46. The lowest BCUT2D eigenvalue weighted by Crippen LogP contribution is -2.57. The molecule has 182 valence electrons. The van der Waals surface area contributed by atoms with Crippen LogP contribution in [0.15, 0.2) is 50.6 Å². The van der Waals surface area contributed by atoms with Crippen molar-refractivity contribution in [2.75, 3.05) is 6.54 Å². The maximum atomic E-state index is 12.0. The van der Waals surface area contributed by atoms with Gasteiger partial charge >= 0.3 is 29.8 Å². The Balaban J connectivity index is 6.56. The minimum atomic E-state index is -1.67. The van der Waals surface area contributed by atoms with E-state index in [1.54, 1.807) is 0 Å². The van der Waals surface area contributed by atoms with Crippen LogP contribution in [0.4, 0.5) is 0 Å². The SMILES string of the molecule is C=CC(=O)ON(CC(CCCC)(CCC(=O)O)N(OC(=O)C=C)OC(=O)C=C)OC(=O)C=C. The van der Waals surface area contributed by atoms with Crippen molar-refractivity contribution < 1.29 is 48.4 Å². The van der Waals surface area contributed by atoms with Crippen molar-refractivity contribution >= 4 is 29.8 Å². The van der Waals surface area contributed by atoms with E-state index in [0.717, 1.165) is 24.3 Å². The minimum Gasteiger partial charge on any atom is -0.481 e. The number of carbonyl (C=O) groups excluding carboxylic acids is 4. The Morgan fingerprint density at radius 2 is 1.21 bits per heavy atom. The molecular formula is C21H28N2O10. The van der Waals surface area contributed by atoms with E-state index in [-0.39, 0.29) is 12.8 Å². The van der Waals surface area contributed by atoms with Crippen LogP contribution >= 0.6 is 0 Å². The molecule has 0 rings (SSSR count). The van der Waals surface area contributed by atoms with Gasteiger partial charge in [-0.05, 0) is 12.8 Å². The van der Waals surface area contributed by atoms with Crippen LogP contribution in [0.3, 0.4) is 0 Å². The van der Waals surface area contributed by atoms with Gasteiger partial charge < -0.3 is 24.5 Å². The molecular weight excluding hydrogens is 440 g/mol. The lowest BCUT2D eigenvalue weighted by Gasteiger charge is -2.40. The number of nitrogens with zero attached hydrogens (tertiary/aromatic N) is 2. The first-order valence-corrected chi connectivity index (χ1v) is 9.74. The monoisotopic (exact) mass is 468 g/mol. The maximum Gasteiger partial charge on any atom is 0.352 e. The molecule has 0 aromatic carbocycles. The Morgan fingerprint density at radius 3 is 1.58 bits per heavy atom. The average Bonchev–Trinajstić information content (AvgIpc) is 2.79. The highest BCUT2D eigenvalue weighted by Crippen LogP contribution is 2.31. The molecule has 1 unspecified atom stereocenters. The van der Waals surface area contributed by atoms with Crippen LogP contribution in [-0.2, 0) is 43.3 Å². The van der Waals surface area contributed by atoms with Crippen LogP contribution in [0, 0.1) is 0 Å². The first-order valence-electron chi connectivity index (χ1n) is 9.74. The molecule has 0 aromatic rings. The smallest absolute Gasteiger partial charge is 0.352 e. The van der Waals surface area contributed by atoms with Gasteiger partial charge in [-0.3, -0.25) is 4.79 Å². The van der Waals surface area contributed by atoms with E-state index in [0.29, 0.717) is 23.3 Å². The molecule has 0 aromatic heterocycles. The summed E-state index contributed by atoms with van der Waals surface area (Å²) in [6.07, 6.45) is 3.38. The Morgan fingerprint density at radius 1 is 0.788 bits per heavy atom. The quantitative estimate of drug-likeness (QED) is 0.246. The van der Waals surface area contributed by atoms with E-state index in [4.69, 9.17) is 19.4 Å². The van der Waals surface area contributed by atoms with Crippen molar-refractivity contribution in [1.29, 1.82) is 0 Å². The van der Waals surface area contributed by atoms with E-state index in [1.165, 1.54) is 0 Å². The van der Waals surface area contributed by atoms with E-state index >= 15 is 0 Å². The van der Waals surface area contributed by atoms with Gasteiger partial charge in [-0.1, -0.05) is 46.1 Å². The fourth-order valence-corrected chi connectivity index (χ4v) is 2.42. The lowest BCUT2D eigenvalue weighted by atomic mass is 9.88. The van der Waals surface area contributed by atoms with Crippen LogP contribution in [0.5, 0.6) is 0 Å². The zero-order valence-electron chi connectivity index (χ0n) is 18.4. The van der Waals surface area contributed by atoms with Gasteiger partial charge in [0.1, 0.15) is 5.54 Å². The first-order chi connectivity index (χ1) is 15.6. The molecule has 0 saturated carbocycles. The fraction of sp³-hybridized carbons (Fsp3) is 0.381. The summed E-state index contributed by atoms with van der Waals surface area (Å²) < 4.78 is 0. The van der Waals surface area contributed by atoms with E-state index in [9.17, 15) is 29.1 Å². The third-order valence-corrected chi connectivity index (χ3v) is 4.01. The summed E-state index contributed by atoms with van der Waals surface area (Å²) in [5, 5.41) is 10.2. The van der Waals surface area contributed by atoms with Crippen LogP contribution in [0.25, 0.3) is 0 Å². The molecule has 0 radical (unpaired) electrons. The molecule has 0 spiro atoms. The predicted octanol–water partition coefficient (Wildman–Crippen LogP) is 1.96. The van der Waals surface area contributed by atoms with Gasteiger partial charge in [-0.2, -0.15) is 0 Å². The van der Waals surface area contributed by atoms with Gasteiger partial charge in [0.15, 0.2) is 0 Å². The zero-order chi connectivity index (χ0) is 25.4. The molecule has 0 fully saturated rings. The predicted molar refractivity (Wildman–Crippen MR) is 113 cm³/mol. The van der Waals surface area contributed by atoms with Gasteiger partial charge in [0.25, 0.3) is 0 Å². The third kappa shape index (κ3) is 10.9. The minimum absolute atomic E-state index is 0.0411. The number of hydrogen-bond acceptors (Lipinski definition) is 11. The number of carbonyl (C=O) groups is 5. The molecule has 1 N–H and O–H groups in total. The molecule has 0 saturated heterocycles. The highest BCUT2D eigenvalue weighted by atomic mass is 17.0. The molecule has 0 bridgehead atoms. The zero-order valence-corrected chi connectivity index (χ0v) is 18.4. The molecule has 12 heteroatoms. The summed E-state index contributed by atoms with van der Waals surface area (Å²) in [7, 11) is 0. The number of aliphatic carboxylic acids is 1. The number of hydrogen-bond donors (Lipinski definition) is 1. The van der Waals surface area contributed by atoms with Gasteiger partial charge in [0.2, 0.25) is 0 Å². The summed E-state index contributed by atoms with van der Waals surface area (Å²) in [5.41, 5.74) is -1.67. The Kier molecular flexibility index (Phi) is 13.4. The van der Waals surface area contributed by atoms with Crippen LogP contribution in [-0.4, -0.2) is 57.5 Å². The van der Waals surface area contributed by atoms with Crippen molar-refractivity contribution in [3.8, 4) is 0 Å². The van der Waals surface area contributed by atoms with Crippen molar-refractivity contribution in [3.63, 3.8) is 0 Å². The fourth-order valence-electron chi connectivity index (χ4n) is 2.42. The van der Waals surface area contributed by atoms with E-state index < -0.39 is 48.4 Å². The van der Waals surface area contributed by atoms with Crippen molar-refractivity contribution in [3.05, 3.63) is 50.6 Å². The van der Waals surface area contributed by atoms with Gasteiger partial charge in [0.05, 0.1) is 6.54 Å². The summed E-state index contributed by atoms with van der Waals surface area (Å²) in [5.74, 6) is -5.35. The average molecular weight is 468 g/mol. The summed E-state index contributed by atoms with van der Waals surface area (Å²) >= 11 is 0. The number of rotatable bonds is 17. The molecule has 0 heterocycles. The molecule has 12 nitrogen and oxygen atoms in total. The summed E-state index contributed by atoms with van der Waals surface area (Å²) in [4.78, 5) is 78.8. The Labute approximate surface area is 191 Å². The van der Waals surface area contributed by atoms with E-state index in [2.05, 4.69) is 26.3 Å². The molecule has 0 aliphatic carbocycles. The lowest BCUT2D eigenvalue weighted by molar-refractivity contribution is -0.396. The molecule has 0 amide bonds.